The van der Waals surface area contributed by atoms with Crippen LogP contribution in [0.15, 0.2) is 6.07 Å². The molecule has 1 aromatic rings. The van der Waals surface area contributed by atoms with Crippen molar-refractivity contribution in [3.63, 3.8) is 0 Å². The maximum absolute atomic E-state index is 11.3. The van der Waals surface area contributed by atoms with Gasteiger partial charge in [0.05, 0.1) is 0 Å². The predicted molar refractivity (Wildman–Crippen MR) is 70.6 cm³/mol. The highest BCUT2D eigenvalue weighted by Crippen LogP contribution is 2.19. The molecule has 6 heteroatoms. The van der Waals surface area contributed by atoms with Crippen molar-refractivity contribution in [3.05, 3.63) is 11.9 Å². The van der Waals surface area contributed by atoms with Crippen molar-refractivity contribution < 1.29 is 4.21 Å². The van der Waals surface area contributed by atoms with E-state index < -0.39 is 10.8 Å². The van der Waals surface area contributed by atoms with Gasteiger partial charge in [-0.2, -0.15) is 0 Å². The Hall–Kier alpha value is -1.17. The first-order chi connectivity index (χ1) is 8.06. The predicted octanol–water partition coefficient (Wildman–Crippen LogP) is 0.751. The number of nitrogen functional groups attached to an aromatic ring is 1. The second-order valence-electron chi connectivity index (χ2n) is 4.50. The summed E-state index contributed by atoms with van der Waals surface area (Å²) in [5, 5.41) is 0. The molecule has 1 aliphatic rings. The van der Waals surface area contributed by atoms with Crippen LogP contribution in [0.4, 0.5) is 11.6 Å². The molecule has 0 aromatic carbocycles. The van der Waals surface area contributed by atoms with Gasteiger partial charge in [-0.1, -0.05) is 13.8 Å². The summed E-state index contributed by atoms with van der Waals surface area (Å²) in [5.74, 6) is 3.81. The van der Waals surface area contributed by atoms with Gasteiger partial charge in [-0.05, 0) is 0 Å². The molecule has 5 nitrogen and oxygen atoms in total. The summed E-state index contributed by atoms with van der Waals surface area (Å²) in [6.07, 6.45) is 0. The zero-order valence-corrected chi connectivity index (χ0v) is 11.0. The van der Waals surface area contributed by atoms with Gasteiger partial charge in [0, 0.05) is 47.4 Å². The fourth-order valence-electron chi connectivity index (χ4n) is 1.76. The summed E-state index contributed by atoms with van der Waals surface area (Å²) in [6.45, 7) is 5.65. The van der Waals surface area contributed by atoms with Crippen LogP contribution >= 0.6 is 0 Å². The molecule has 0 radical (unpaired) electrons. The minimum atomic E-state index is -0.670. The lowest BCUT2D eigenvalue weighted by molar-refractivity contribution is 0.671. The van der Waals surface area contributed by atoms with Gasteiger partial charge < -0.3 is 10.6 Å². The summed E-state index contributed by atoms with van der Waals surface area (Å²) >= 11 is 0. The van der Waals surface area contributed by atoms with Crippen LogP contribution < -0.4 is 10.6 Å². The highest BCUT2D eigenvalue weighted by Gasteiger charge is 2.18. The molecule has 2 heterocycles. The Labute approximate surface area is 104 Å². The lowest BCUT2D eigenvalue weighted by Crippen LogP contribution is -2.38. The molecule has 1 saturated heterocycles. The van der Waals surface area contributed by atoms with Gasteiger partial charge in [0.2, 0.25) is 0 Å². The van der Waals surface area contributed by atoms with Gasteiger partial charge in [0.1, 0.15) is 17.5 Å². The average Bonchev–Trinajstić information content (AvgIpc) is 2.29. The van der Waals surface area contributed by atoms with Crippen LogP contribution in [0.2, 0.25) is 0 Å². The van der Waals surface area contributed by atoms with E-state index in [4.69, 9.17) is 5.73 Å². The lowest BCUT2D eigenvalue weighted by Gasteiger charge is -2.27. The van der Waals surface area contributed by atoms with Crippen molar-refractivity contribution >= 4 is 22.4 Å². The fourth-order valence-corrected chi connectivity index (χ4v) is 2.81. The van der Waals surface area contributed by atoms with E-state index in [9.17, 15) is 4.21 Å². The number of rotatable bonds is 2. The molecule has 94 valence electrons. The van der Waals surface area contributed by atoms with E-state index in [2.05, 4.69) is 14.9 Å². The summed E-state index contributed by atoms with van der Waals surface area (Å²) in [4.78, 5) is 10.9. The Morgan fingerprint density at radius 2 is 2.00 bits per heavy atom. The van der Waals surface area contributed by atoms with Crippen molar-refractivity contribution in [1.29, 1.82) is 0 Å². The van der Waals surface area contributed by atoms with Gasteiger partial charge in [0.15, 0.2) is 0 Å². The Morgan fingerprint density at radius 1 is 1.35 bits per heavy atom. The molecule has 1 aliphatic heterocycles. The standard InChI is InChI=1S/C11H18N4OS/c1-8(2)11-13-9(12)7-10(14-11)15-3-5-17(16)6-4-15/h7-8H,3-6H2,1-2H3,(H2,12,13,14). The van der Waals surface area contributed by atoms with Gasteiger partial charge >= 0.3 is 0 Å². The molecular formula is C11H18N4OS. The quantitative estimate of drug-likeness (QED) is 0.843. The Kier molecular flexibility index (Phi) is 3.61. The van der Waals surface area contributed by atoms with Crippen molar-refractivity contribution in [2.75, 3.05) is 35.2 Å². The Bertz CT molecular complexity index is 425. The van der Waals surface area contributed by atoms with Crippen LogP contribution in [0.25, 0.3) is 0 Å². The van der Waals surface area contributed by atoms with Gasteiger partial charge in [0.25, 0.3) is 0 Å². The third kappa shape index (κ3) is 2.94. The first kappa shape index (κ1) is 12.3. The molecular weight excluding hydrogens is 236 g/mol. The molecule has 0 spiro atoms. The molecule has 0 aliphatic carbocycles. The maximum atomic E-state index is 11.3. The van der Waals surface area contributed by atoms with E-state index in [0.717, 1.165) is 24.7 Å². The molecule has 2 rings (SSSR count). The van der Waals surface area contributed by atoms with E-state index in [-0.39, 0.29) is 5.92 Å². The first-order valence-corrected chi connectivity index (χ1v) is 7.29. The third-order valence-electron chi connectivity index (χ3n) is 2.77. The zero-order valence-electron chi connectivity index (χ0n) is 10.2. The molecule has 0 unspecified atom stereocenters. The zero-order chi connectivity index (χ0) is 12.4. The highest BCUT2D eigenvalue weighted by molar-refractivity contribution is 7.85. The molecule has 2 N–H and O–H groups in total. The molecule has 1 aromatic heterocycles. The fraction of sp³-hybridized carbons (Fsp3) is 0.636. The normalized spacial score (nSPS) is 17.7. The van der Waals surface area contributed by atoms with E-state index in [1.807, 2.05) is 13.8 Å². The number of nitrogens with two attached hydrogens (primary N) is 1. The van der Waals surface area contributed by atoms with E-state index in [0.29, 0.717) is 17.3 Å². The monoisotopic (exact) mass is 254 g/mol. The van der Waals surface area contributed by atoms with Gasteiger partial charge in [-0.3, -0.25) is 4.21 Å². The smallest absolute Gasteiger partial charge is 0.135 e. The van der Waals surface area contributed by atoms with Crippen molar-refractivity contribution in [2.24, 2.45) is 0 Å². The average molecular weight is 254 g/mol. The van der Waals surface area contributed by atoms with Gasteiger partial charge in [-0.15, -0.1) is 0 Å². The molecule has 0 amide bonds. The number of hydrogen-bond acceptors (Lipinski definition) is 5. The number of aromatic nitrogens is 2. The van der Waals surface area contributed by atoms with E-state index in [1.165, 1.54) is 0 Å². The van der Waals surface area contributed by atoms with Crippen molar-refractivity contribution in [3.8, 4) is 0 Å². The molecule has 0 saturated carbocycles. The molecule has 17 heavy (non-hydrogen) atoms. The number of hydrogen-bond donors (Lipinski definition) is 1. The largest absolute Gasteiger partial charge is 0.384 e. The summed E-state index contributed by atoms with van der Waals surface area (Å²) in [7, 11) is -0.670. The van der Waals surface area contributed by atoms with Crippen LogP contribution in [-0.2, 0) is 10.8 Å². The van der Waals surface area contributed by atoms with Crippen LogP contribution in [-0.4, -0.2) is 38.8 Å². The highest BCUT2D eigenvalue weighted by atomic mass is 32.2. The Morgan fingerprint density at radius 3 is 2.59 bits per heavy atom. The third-order valence-corrected chi connectivity index (χ3v) is 4.04. The Balaban J connectivity index is 2.23. The minimum Gasteiger partial charge on any atom is -0.384 e. The summed E-state index contributed by atoms with van der Waals surface area (Å²) in [5.41, 5.74) is 5.79. The second-order valence-corrected chi connectivity index (χ2v) is 6.20. The van der Waals surface area contributed by atoms with Crippen molar-refractivity contribution in [2.45, 2.75) is 19.8 Å². The van der Waals surface area contributed by atoms with Crippen LogP contribution in [0.1, 0.15) is 25.6 Å². The van der Waals surface area contributed by atoms with Crippen LogP contribution in [0.5, 0.6) is 0 Å². The number of nitrogens with zero attached hydrogens (tertiary/aromatic N) is 3. The van der Waals surface area contributed by atoms with E-state index in [1.54, 1.807) is 6.07 Å². The summed E-state index contributed by atoms with van der Waals surface area (Å²) in [6, 6.07) is 1.79. The summed E-state index contributed by atoms with van der Waals surface area (Å²) < 4.78 is 11.3. The second kappa shape index (κ2) is 5.00. The molecule has 0 bridgehead atoms. The maximum Gasteiger partial charge on any atom is 0.135 e. The number of anilines is 2. The van der Waals surface area contributed by atoms with E-state index >= 15 is 0 Å². The minimum absolute atomic E-state index is 0.260. The molecule has 0 atom stereocenters. The molecule has 1 fully saturated rings. The first-order valence-electron chi connectivity index (χ1n) is 5.80. The van der Waals surface area contributed by atoms with Crippen LogP contribution in [0, 0.1) is 0 Å². The SMILES string of the molecule is CC(C)c1nc(N)cc(N2CCS(=O)CC2)n1. The van der Waals surface area contributed by atoms with Crippen molar-refractivity contribution in [1.82, 2.24) is 9.97 Å². The lowest BCUT2D eigenvalue weighted by atomic mass is 10.2. The topological polar surface area (TPSA) is 72.1 Å². The van der Waals surface area contributed by atoms with Gasteiger partial charge in [-0.25, -0.2) is 9.97 Å². The van der Waals surface area contributed by atoms with Crippen LogP contribution in [0.3, 0.4) is 0 Å².